The Balaban J connectivity index is 3.06. The van der Waals surface area contributed by atoms with Crippen LogP contribution in [0.3, 0.4) is 0 Å². The van der Waals surface area contributed by atoms with Gasteiger partial charge in [0.25, 0.3) is 0 Å². The molecular formula is C15H24BrNO2S. The Hall–Kier alpha value is -0.390. The van der Waals surface area contributed by atoms with Crippen LogP contribution < -0.4 is 0 Å². The van der Waals surface area contributed by atoms with Gasteiger partial charge in [0.05, 0.1) is 4.90 Å². The lowest BCUT2D eigenvalue weighted by molar-refractivity contribution is 0.345. The molecule has 0 radical (unpaired) electrons. The molecule has 1 rings (SSSR count). The first kappa shape index (κ1) is 17.7. The molecular weight excluding hydrogens is 338 g/mol. The molecule has 0 unspecified atom stereocenters. The summed E-state index contributed by atoms with van der Waals surface area (Å²) >= 11 is 3.40. The largest absolute Gasteiger partial charge is 0.243 e. The van der Waals surface area contributed by atoms with Crippen molar-refractivity contribution in [3.63, 3.8) is 0 Å². The van der Waals surface area contributed by atoms with Crippen molar-refractivity contribution in [1.82, 2.24) is 4.31 Å². The lowest BCUT2D eigenvalue weighted by atomic mass is 10.2. The summed E-state index contributed by atoms with van der Waals surface area (Å²) in [6.07, 6.45) is 3.05. The molecule has 3 nitrogen and oxygen atoms in total. The molecule has 0 amide bonds. The molecule has 0 aromatic heterocycles. The second-order valence-corrected chi connectivity index (χ2v) is 8.07. The van der Waals surface area contributed by atoms with E-state index in [0.29, 0.717) is 11.4 Å². The van der Waals surface area contributed by atoms with E-state index in [-0.39, 0.29) is 6.04 Å². The number of aryl methyl sites for hydroxylation is 1. The minimum atomic E-state index is -3.41. The molecule has 0 spiro atoms. The molecule has 0 saturated heterocycles. The summed E-state index contributed by atoms with van der Waals surface area (Å²) in [6, 6.07) is 5.17. The Morgan fingerprint density at radius 3 is 2.40 bits per heavy atom. The van der Waals surface area contributed by atoms with Gasteiger partial charge in [0, 0.05) is 17.1 Å². The third kappa shape index (κ3) is 4.30. The van der Waals surface area contributed by atoms with E-state index in [1.807, 2.05) is 20.8 Å². The van der Waals surface area contributed by atoms with E-state index >= 15 is 0 Å². The first-order valence-corrected chi connectivity index (χ1v) is 9.32. The fourth-order valence-corrected chi connectivity index (χ4v) is 4.09. The third-order valence-corrected chi connectivity index (χ3v) is 6.26. The fourth-order valence-electron chi connectivity index (χ4n) is 2.09. The predicted molar refractivity (Wildman–Crippen MR) is 87.4 cm³/mol. The Bertz CT molecular complexity index is 541. The average Bonchev–Trinajstić information content (AvgIpc) is 2.37. The highest BCUT2D eigenvalue weighted by Crippen LogP contribution is 2.24. The van der Waals surface area contributed by atoms with Crippen LogP contribution >= 0.6 is 15.9 Å². The van der Waals surface area contributed by atoms with Gasteiger partial charge < -0.3 is 0 Å². The molecule has 0 atom stereocenters. The van der Waals surface area contributed by atoms with Gasteiger partial charge in [-0.1, -0.05) is 35.7 Å². The van der Waals surface area contributed by atoms with Crippen molar-refractivity contribution in [2.45, 2.75) is 57.9 Å². The number of sulfonamides is 1. The quantitative estimate of drug-likeness (QED) is 0.677. The van der Waals surface area contributed by atoms with Crippen LogP contribution in [-0.2, 0) is 10.0 Å². The van der Waals surface area contributed by atoms with Crippen molar-refractivity contribution in [1.29, 1.82) is 0 Å². The SMILES string of the molecule is CCCCCN(C(C)C)S(=O)(=O)c1ccc(Br)c(C)c1. The predicted octanol–water partition coefficient (Wildman–Crippen LogP) is 4.35. The smallest absolute Gasteiger partial charge is 0.207 e. The number of hydrogen-bond donors (Lipinski definition) is 0. The van der Waals surface area contributed by atoms with E-state index in [1.54, 1.807) is 22.5 Å². The van der Waals surface area contributed by atoms with Crippen LogP contribution in [-0.4, -0.2) is 25.3 Å². The van der Waals surface area contributed by atoms with Crippen molar-refractivity contribution in [3.8, 4) is 0 Å². The molecule has 20 heavy (non-hydrogen) atoms. The normalized spacial score (nSPS) is 12.3. The van der Waals surface area contributed by atoms with Gasteiger partial charge in [0.15, 0.2) is 0 Å². The maximum atomic E-state index is 12.7. The van der Waals surface area contributed by atoms with Gasteiger partial charge in [-0.25, -0.2) is 8.42 Å². The van der Waals surface area contributed by atoms with Gasteiger partial charge in [0.1, 0.15) is 0 Å². The second kappa shape index (κ2) is 7.57. The molecule has 0 heterocycles. The minimum Gasteiger partial charge on any atom is -0.207 e. The molecule has 0 aliphatic rings. The van der Waals surface area contributed by atoms with Crippen LogP contribution in [0.2, 0.25) is 0 Å². The summed E-state index contributed by atoms with van der Waals surface area (Å²) in [4.78, 5) is 0.378. The van der Waals surface area contributed by atoms with Gasteiger partial charge in [-0.05, 0) is 51.0 Å². The molecule has 5 heteroatoms. The zero-order valence-corrected chi connectivity index (χ0v) is 15.1. The molecule has 0 aliphatic carbocycles. The van der Waals surface area contributed by atoms with Crippen LogP contribution in [0.15, 0.2) is 27.6 Å². The van der Waals surface area contributed by atoms with Gasteiger partial charge in [-0.2, -0.15) is 4.31 Å². The molecule has 0 saturated carbocycles. The Kier molecular flexibility index (Phi) is 6.69. The number of unbranched alkanes of at least 4 members (excludes halogenated alkanes) is 2. The molecule has 0 bridgehead atoms. The van der Waals surface area contributed by atoms with Crippen molar-refractivity contribution in [3.05, 3.63) is 28.2 Å². The molecule has 0 fully saturated rings. The van der Waals surface area contributed by atoms with E-state index in [1.165, 1.54) is 0 Å². The highest BCUT2D eigenvalue weighted by atomic mass is 79.9. The van der Waals surface area contributed by atoms with Crippen LogP contribution in [0.25, 0.3) is 0 Å². The topological polar surface area (TPSA) is 37.4 Å². The summed E-state index contributed by atoms with van der Waals surface area (Å²) in [5.74, 6) is 0. The number of hydrogen-bond acceptors (Lipinski definition) is 2. The van der Waals surface area contributed by atoms with Crippen LogP contribution in [0.1, 0.15) is 45.6 Å². The Labute approximate surface area is 131 Å². The summed E-state index contributed by atoms with van der Waals surface area (Å²) in [5.41, 5.74) is 0.934. The Morgan fingerprint density at radius 2 is 1.90 bits per heavy atom. The minimum absolute atomic E-state index is 0.0270. The van der Waals surface area contributed by atoms with Gasteiger partial charge in [-0.15, -0.1) is 0 Å². The zero-order chi connectivity index (χ0) is 15.3. The first-order chi connectivity index (χ1) is 9.30. The number of halogens is 1. The summed E-state index contributed by atoms with van der Waals surface area (Å²) in [6.45, 7) is 8.46. The van der Waals surface area contributed by atoms with Crippen LogP contribution in [0.5, 0.6) is 0 Å². The van der Waals surface area contributed by atoms with E-state index in [0.717, 1.165) is 29.3 Å². The standard InChI is InChI=1S/C15H24BrNO2S/c1-5-6-7-10-17(12(2)3)20(18,19)14-8-9-15(16)13(4)11-14/h8-9,11-12H,5-7,10H2,1-4H3. The molecule has 1 aromatic carbocycles. The summed E-state index contributed by atoms with van der Waals surface area (Å²) in [5, 5.41) is 0. The summed E-state index contributed by atoms with van der Waals surface area (Å²) in [7, 11) is -3.41. The zero-order valence-electron chi connectivity index (χ0n) is 12.7. The molecule has 0 N–H and O–H groups in total. The van der Waals surface area contributed by atoms with E-state index < -0.39 is 10.0 Å². The van der Waals surface area contributed by atoms with Crippen LogP contribution in [0.4, 0.5) is 0 Å². The van der Waals surface area contributed by atoms with Crippen molar-refractivity contribution < 1.29 is 8.42 Å². The number of benzene rings is 1. The average molecular weight is 362 g/mol. The first-order valence-electron chi connectivity index (χ1n) is 7.08. The molecule has 1 aromatic rings. The lowest BCUT2D eigenvalue weighted by Gasteiger charge is -2.26. The number of rotatable bonds is 7. The molecule has 114 valence electrons. The number of nitrogens with zero attached hydrogens (tertiary/aromatic N) is 1. The third-order valence-electron chi connectivity index (χ3n) is 3.29. The van der Waals surface area contributed by atoms with Crippen molar-refractivity contribution in [2.24, 2.45) is 0 Å². The highest BCUT2D eigenvalue weighted by molar-refractivity contribution is 9.10. The maximum Gasteiger partial charge on any atom is 0.243 e. The van der Waals surface area contributed by atoms with Gasteiger partial charge in [0.2, 0.25) is 10.0 Å². The van der Waals surface area contributed by atoms with Crippen LogP contribution in [0, 0.1) is 6.92 Å². The van der Waals surface area contributed by atoms with Gasteiger partial charge >= 0.3 is 0 Å². The monoisotopic (exact) mass is 361 g/mol. The second-order valence-electron chi connectivity index (χ2n) is 5.33. The fraction of sp³-hybridized carbons (Fsp3) is 0.600. The van der Waals surface area contributed by atoms with E-state index in [4.69, 9.17) is 0 Å². The Morgan fingerprint density at radius 1 is 1.25 bits per heavy atom. The summed E-state index contributed by atoms with van der Waals surface area (Å²) < 4.78 is 28.0. The van der Waals surface area contributed by atoms with E-state index in [2.05, 4.69) is 22.9 Å². The van der Waals surface area contributed by atoms with Crippen molar-refractivity contribution in [2.75, 3.05) is 6.54 Å². The van der Waals surface area contributed by atoms with Gasteiger partial charge in [-0.3, -0.25) is 0 Å². The van der Waals surface area contributed by atoms with E-state index in [9.17, 15) is 8.42 Å². The van der Waals surface area contributed by atoms with Crippen molar-refractivity contribution >= 4 is 26.0 Å². The maximum absolute atomic E-state index is 12.7. The lowest BCUT2D eigenvalue weighted by Crippen LogP contribution is -2.37. The molecule has 0 aliphatic heterocycles. The highest BCUT2D eigenvalue weighted by Gasteiger charge is 2.26.